The molecule has 0 radical (unpaired) electrons. The molecule has 2 heteroatoms. The average Bonchev–Trinajstić information content (AvgIpc) is 2.52. The van der Waals surface area contributed by atoms with Crippen LogP contribution in [-0.4, -0.2) is 30.1 Å². The van der Waals surface area contributed by atoms with E-state index in [1.165, 1.54) is 31.4 Å². The predicted octanol–water partition coefficient (Wildman–Crippen LogP) is 3.79. The molecular formula is C16H27NO. The lowest BCUT2D eigenvalue weighted by atomic mass is 9.74. The normalized spacial score (nSPS) is 25.2. The van der Waals surface area contributed by atoms with Crippen LogP contribution < -0.4 is 0 Å². The van der Waals surface area contributed by atoms with Gasteiger partial charge in [-0.15, -0.1) is 0 Å². The van der Waals surface area contributed by atoms with Crippen molar-refractivity contribution in [2.45, 2.75) is 45.4 Å². The molecule has 1 aromatic rings. The average molecular weight is 249 g/mol. The zero-order chi connectivity index (χ0) is 12.3. The van der Waals surface area contributed by atoms with Gasteiger partial charge in [-0.3, -0.25) is 0 Å². The molecule has 2 rings (SSSR count). The van der Waals surface area contributed by atoms with E-state index in [2.05, 4.69) is 24.9 Å². The van der Waals surface area contributed by atoms with E-state index in [9.17, 15) is 5.11 Å². The number of likely N-dealkylation sites (tertiary alicyclic amines) is 1. The molecule has 0 amide bonds. The van der Waals surface area contributed by atoms with Crippen molar-refractivity contribution in [3.63, 3.8) is 0 Å². The molecule has 0 saturated carbocycles. The van der Waals surface area contributed by atoms with E-state index in [0.717, 1.165) is 13.0 Å². The first kappa shape index (κ1) is 15.0. The van der Waals surface area contributed by atoms with Gasteiger partial charge in [-0.1, -0.05) is 32.9 Å². The summed E-state index contributed by atoms with van der Waals surface area (Å²) in [6, 6.07) is 7.84. The summed E-state index contributed by atoms with van der Waals surface area (Å²) < 4.78 is 0. The van der Waals surface area contributed by atoms with Crippen LogP contribution in [0.15, 0.2) is 24.3 Å². The fourth-order valence-corrected chi connectivity index (χ4v) is 3.08. The lowest BCUT2D eigenvalue weighted by molar-refractivity contribution is 0.256. The van der Waals surface area contributed by atoms with Gasteiger partial charge in [-0.2, -0.15) is 0 Å². The van der Waals surface area contributed by atoms with Crippen LogP contribution in [-0.2, 0) is 5.41 Å². The van der Waals surface area contributed by atoms with Crippen molar-refractivity contribution in [1.29, 1.82) is 0 Å². The molecule has 2 nitrogen and oxygen atoms in total. The van der Waals surface area contributed by atoms with Crippen molar-refractivity contribution < 1.29 is 5.11 Å². The molecule has 1 aliphatic heterocycles. The Bertz CT molecular complexity index is 377. The maximum atomic E-state index is 9.68. The minimum absolute atomic E-state index is 0. The molecule has 1 aliphatic rings. The quantitative estimate of drug-likeness (QED) is 0.862. The Morgan fingerprint density at radius 2 is 2.11 bits per heavy atom. The number of aromatic hydroxyl groups is 1. The number of hydrogen-bond donors (Lipinski definition) is 1. The molecule has 1 fully saturated rings. The van der Waals surface area contributed by atoms with Gasteiger partial charge in [0.05, 0.1) is 0 Å². The van der Waals surface area contributed by atoms with Crippen molar-refractivity contribution in [1.82, 2.24) is 4.90 Å². The van der Waals surface area contributed by atoms with Gasteiger partial charge in [0, 0.05) is 12.0 Å². The largest absolute Gasteiger partial charge is 0.508 e. The van der Waals surface area contributed by atoms with Crippen LogP contribution in [0, 0.1) is 0 Å². The lowest BCUT2D eigenvalue weighted by Gasteiger charge is -2.35. The van der Waals surface area contributed by atoms with Gasteiger partial charge in [0.1, 0.15) is 5.75 Å². The molecule has 1 saturated heterocycles. The Balaban J connectivity index is 0.00000162. The van der Waals surface area contributed by atoms with Gasteiger partial charge in [-0.05, 0) is 50.6 Å². The van der Waals surface area contributed by atoms with Crippen molar-refractivity contribution in [3.8, 4) is 5.75 Å². The highest BCUT2D eigenvalue weighted by Crippen LogP contribution is 2.37. The van der Waals surface area contributed by atoms with Gasteiger partial charge in [0.15, 0.2) is 0 Å². The molecule has 1 atom stereocenters. The second-order valence-electron chi connectivity index (χ2n) is 5.38. The number of rotatable bonds is 2. The Labute approximate surface area is 112 Å². The summed E-state index contributed by atoms with van der Waals surface area (Å²) in [6.45, 7) is 4.57. The minimum Gasteiger partial charge on any atom is -0.508 e. The Morgan fingerprint density at radius 3 is 2.78 bits per heavy atom. The fraction of sp³-hybridized carbons (Fsp3) is 0.625. The first-order valence-corrected chi connectivity index (χ1v) is 6.64. The zero-order valence-corrected chi connectivity index (χ0v) is 10.9. The van der Waals surface area contributed by atoms with E-state index in [0.29, 0.717) is 5.75 Å². The third-order valence-electron chi connectivity index (χ3n) is 4.15. The van der Waals surface area contributed by atoms with Crippen LogP contribution in [0.3, 0.4) is 0 Å². The lowest BCUT2D eigenvalue weighted by Crippen LogP contribution is -2.37. The first-order valence-electron chi connectivity index (χ1n) is 6.64. The maximum Gasteiger partial charge on any atom is 0.115 e. The third-order valence-corrected chi connectivity index (χ3v) is 4.15. The number of hydrogen-bond acceptors (Lipinski definition) is 2. The number of phenols is 1. The second kappa shape index (κ2) is 6.24. The van der Waals surface area contributed by atoms with E-state index in [1.807, 2.05) is 12.1 Å². The van der Waals surface area contributed by atoms with Crippen molar-refractivity contribution >= 4 is 0 Å². The van der Waals surface area contributed by atoms with Crippen molar-refractivity contribution in [2.75, 3.05) is 20.1 Å². The molecule has 1 N–H and O–H groups in total. The number of phenolic OH excluding ortho intramolecular Hbond substituents is 1. The SMILES string of the molecule is C.CCC1(c2cccc(O)c2)CCCCN(C)C1. The van der Waals surface area contributed by atoms with E-state index < -0.39 is 0 Å². The summed E-state index contributed by atoms with van der Waals surface area (Å²) in [4.78, 5) is 2.43. The Hall–Kier alpha value is -1.02. The van der Waals surface area contributed by atoms with Crippen LogP contribution in [0.5, 0.6) is 5.75 Å². The molecule has 1 heterocycles. The predicted molar refractivity (Wildman–Crippen MR) is 78.2 cm³/mol. The highest BCUT2D eigenvalue weighted by atomic mass is 16.3. The summed E-state index contributed by atoms with van der Waals surface area (Å²) in [5.41, 5.74) is 1.53. The molecule has 0 aromatic heterocycles. The summed E-state index contributed by atoms with van der Waals surface area (Å²) in [7, 11) is 2.21. The van der Waals surface area contributed by atoms with E-state index in [-0.39, 0.29) is 12.8 Å². The summed E-state index contributed by atoms with van der Waals surface area (Å²) in [6.07, 6.45) is 4.95. The summed E-state index contributed by atoms with van der Waals surface area (Å²) >= 11 is 0. The molecule has 0 aliphatic carbocycles. The van der Waals surface area contributed by atoms with Gasteiger partial charge in [0.25, 0.3) is 0 Å². The second-order valence-corrected chi connectivity index (χ2v) is 5.38. The number of nitrogens with zero attached hydrogens (tertiary/aromatic N) is 1. The molecule has 18 heavy (non-hydrogen) atoms. The molecule has 0 bridgehead atoms. The van der Waals surface area contributed by atoms with Gasteiger partial charge in [-0.25, -0.2) is 0 Å². The third kappa shape index (κ3) is 3.05. The van der Waals surface area contributed by atoms with Crippen LogP contribution >= 0.6 is 0 Å². The standard InChI is InChI=1S/C15H23NO.CH4/c1-3-15(9-4-5-10-16(2)12-15)13-7-6-8-14(17)11-13;/h6-8,11,17H,3-5,9-10,12H2,1-2H3;1H4. The van der Waals surface area contributed by atoms with E-state index >= 15 is 0 Å². The number of likely N-dealkylation sites (N-methyl/N-ethyl adjacent to an activating group) is 1. The van der Waals surface area contributed by atoms with Crippen molar-refractivity contribution in [3.05, 3.63) is 29.8 Å². The van der Waals surface area contributed by atoms with Crippen LogP contribution in [0.1, 0.15) is 45.6 Å². The molecule has 1 aromatic carbocycles. The molecular weight excluding hydrogens is 222 g/mol. The minimum atomic E-state index is 0. The summed E-state index contributed by atoms with van der Waals surface area (Å²) in [5, 5.41) is 9.68. The van der Waals surface area contributed by atoms with Crippen LogP contribution in [0.4, 0.5) is 0 Å². The topological polar surface area (TPSA) is 23.5 Å². The van der Waals surface area contributed by atoms with Crippen molar-refractivity contribution in [2.24, 2.45) is 0 Å². The molecule has 0 spiro atoms. The Morgan fingerprint density at radius 1 is 1.33 bits per heavy atom. The number of benzene rings is 1. The van der Waals surface area contributed by atoms with E-state index in [1.54, 1.807) is 6.07 Å². The van der Waals surface area contributed by atoms with Crippen LogP contribution in [0.25, 0.3) is 0 Å². The van der Waals surface area contributed by atoms with E-state index in [4.69, 9.17) is 0 Å². The van der Waals surface area contributed by atoms with Gasteiger partial charge < -0.3 is 10.0 Å². The highest BCUT2D eigenvalue weighted by molar-refractivity contribution is 5.33. The highest BCUT2D eigenvalue weighted by Gasteiger charge is 2.33. The monoisotopic (exact) mass is 249 g/mol. The molecule has 102 valence electrons. The van der Waals surface area contributed by atoms with Gasteiger partial charge >= 0.3 is 0 Å². The van der Waals surface area contributed by atoms with Gasteiger partial charge in [0.2, 0.25) is 0 Å². The zero-order valence-electron chi connectivity index (χ0n) is 10.9. The Kier molecular flexibility index (Phi) is 5.21. The maximum absolute atomic E-state index is 9.68. The first-order chi connectivity index (χ1) is 8.16. The van der Waals surface area contributed by atoms with Crippen LogP contribution in [0.2, 0.25) is 0 Å². The summed E-state index contributed by atoms with van der Waals surface area (Å²) in [5.74, 6) is 0.391. The molecule has 1 unspecified atom stereocenters. The fourth-order valence-electron chi connectivity index (χ4n) is 3.08. The smallest absolute Gasteiger partial charge is 0.115 e.